The molecule has 3 aliphatic rings. The molecule has 2 N–H and O–H groups in total. The van der Waals surface area contributed by atoms with Crippen LogP contribution in [0, 0.1) is 23.7 Å². The number of benzene rings is 2. The number of imide groups is 1. The second kappa shape index (κ2) is 12.4. The molecule has 0 bridgehead atoms. The average Bonchev–Trinajstić information content (AvgIpc) is 3.58. The van der Waals surface area contributed by atoms with Gasteiger partial charge in [0.15, 0.2) is 0 Å². The number of nitrogens with zero attached hydrogens (tertiary/aromatic N) is 1. The van der Waals surface area contributed by atoms with Crippen LogP contribution < -0.4 is 0 Å². The maximum atomic E-state index is 13.9. The van der Waals surface area contributed by atoms with Crippen molar-refractivity contribution in [3.63, 3.8) is 0 Å². The summed E-state index contributed by atoms with van der Waals surface area (Å²) in [5, 5.41) is 23.2. The van der Waals surface area contributed by atoms with Gasteiger partial charge in [-0.25, -0.2) is 0 Å². The van der Waals surface area contributed by atoms with Crippen molar-refractivity contribution in [1.82, 2.24) is 4.90 Å². The molecule has 9 heteroatoms. The largest absolute Gasteiger partial charge is 0.508 e. The van der Waals surface area contributed by atoms with Gasteiger partial charge in [-0.2, -0.15) is 0 Å². The monoisotopic (exact) mass is 615 g/mol. The Labute approximate surface area is 261 Å². The Bertz CT molecular complexity index is 1570. The molecule has 6 nitrogen and oxygen atoms in total. The first-order valence-electron chi connectivity index (χ1n) is 14.9. The number of phenolic OH excluding ortho intramolecular Hbond substituents is 1. The summed E-state index contributed by atoms with van der Waals surface area (Å²) in [4.78, 5) is 29.9. The molecule has 0 saturated carbocycles. The number of hydrogen-bond acceptors (Lipinski definition) is 6. The van der Waals surface area contributed by atoms with Gasteiger partial charge in [0.2, 0.25) is 11.8 Å². The number of aromatic hydroxyl groups is 1. The zero-order valence-electron chi connectivity index (χ0n) is 24.3. The quantitative estimate of drug-likeness (QED) is 0.122. The van der Waals surface area contributed by atoms with E-state index in [-0.39, 0.29) is 35.5 Å². The van der Waals surface area contributed by atoms with Crippen molar-refractivity contribution >= 4 is 53.5 Å². The highest BCUT2D eigenvalue weighted by atomic mass is 35.5. The Morgan fingerprint density at radius 1 is 1.12 bits per heavy atom. The zero-order valence-corrected chi connectivity index (χ0v) is 25.9. The number of amides is 2. The van der Waals surface area contributed by atoms with Crippen molar-refractivity contribution in [2.45, 2.75) is 52.1 Å². The van der Waals surface area contributed by atoms with E-state index in [1.807, 2.05) is 41.8 Å². The number of halogens is 1. The molecule has 3 aromatic rings. The Kier molecular flexibility index (Phi) is 8.65. The first-order chi connectivity index (χ1) is 20.7. The molecular weight excluding hydrogens is 581 g/mol. The highest BCUT2D eigenvalue weighted by Gasteiger charge is 2.57. The summed E-state index contributed by atoms with van der Waals surface area (Å²) < 4.78 is 6.24. The van der Waals surface area contributed by atoms with Crippen molar-refractivity contribution < 1.29 is 24.4 Å². The van der Waals surface area contributed by atoms with E-state index in [0.717, 1.165) is 27.2 Å². The summed E-state index contributed by atoms with van der Waals surface area (Å²) in [6.45, 7) is 4.57. The Morgan fingerprint density at radius 3 is 2.60 bits per heavy atom. The van der Waals surface area contributed by atoms with Gasteiger partial charge in [0.25, 0.3) is 0 Å². The molecule has 2 saturated heterocycles. The van der Waals surface area contributed by atoms with Crippen molar-refractivity contribution in [1.29, 1.82) is 0 Å². The molecule has 2 amide bonds. The third kappa shape index (κ3) is 5.98. The number of hydrogen-bond donors (Lipinski definition) is 2. The van der Waals surface area contributed by atoms with Gasteiger partial charge in [-0.15, -0.1) is 11.3 Å². The van der Waals surface area contributed by atoms with Gasteiger partial charge in [-0.05, 0) is 95.4 Å². The van der Waals surface area contributed by atoms with Crippen molar-refractivity contribution in [3.05, 3.63) is 98.2 Å². The lowest BCUT2D eigenvalue weighted by molar-refractivity contribution is -0.140. The molecule has 2 aliphatic heterocycles. The number of fused-ring (bicyclic) bond motifs is 3. The van der Waals surface area contributed by atoms with E-state index in [1.54, 1.807) is 23.5 Å². The summed E-state index contributed by atoms with van der Waals surface area (Å²) in [7, 11) is -1.02. The zero-order chi connectivity index (χ0) is 30.2. The number of carbonyl (C=O) groups excluding carboxylic acids is 2. The lowest BCUT2D eigenvalue weighted by Crippen LogP contribution is -2.46. The minimum absolute atomic E-state index is 0.0989. The van der Waals surface area contributed by atoms with Gasteiger partial charge >= 0.3 is 7.12 Å². The van der Waals surface area contributed by atoms with E-state index in [2.05, 4.69) is 26.0 Å². The van der Waals surface area contributed by atoms with Crippen LogP contribution in [-0.2, 0) is 20.8 Å². The van der Waals surface area contributed by atoms with Gasteiger partial charge in [0, 0.05) is 4.88 Å². The molecular formula is C34H35BClNO5S. The second-order valence-electron chi connectivity index (χ2n) is 12.0. The van der Waals surface area contributed by atoms with Crippen molar-refractivity contribution in [2.75, 3.05) is 0 Å². The van der Waals surface area contributed by atoms with Crippen LogP contribution in [0.2, 0.25) is 11.3 Å². The summed E-state index contributed by atoms with van der Waals surface area (Å²) in [6, 6.07) is 18.9. The lowest BCUT2D eigenvalue weighted by Gasteiger charge is -2.44. The van der Waals surface area contributed by atoms with Crippen molar-refractivity contribution in [3.8, 4) is 5.75 Å². The van der Waals surface area contributed by atoms with Gasteiger partial charge in [-0.1, -0.05) is 67.4 Å². The summed E-state index contributed by atoms with van der Waals surface area (Å²) >= 11 is 8.02. The fourth-order valence-electron chi connectivity index (χ4n) is 7.09. The van der Waals surface area contributed by atoms with E-state index in [9.17, 15) is 19.7 Å². The molecule has 2 aromatic carbocycles. The maximum Gasteiger partial charge on any atom is 0.455 e. The van der Waals surface area contributed by atoms with Crippen LogP contribution in [0.4, 0.5) is 0 Å². The average molecular weight is 616 g/mol. The first-order valence-corrected chi connectivity index (χ1v) is 16.2. The minimum atomic E-state index is -1.02. The molecule has 43 heavy (non-hydrogen) atoms. The Hall–Kier alpha value is -3.17. The molecule has 2 fully saturated rings. The standard InChI is InChI=1S/C34H35BClNO5S/c1-20(2)26-17-27-32(34(40)37(33(27)39)19-25-9-6-14-43-25)28-18-35(41)42-30(31(26)28)13-11-22(21-7-4-3-5-8-21)15-23-10-12-24(38)16-29(23)36/h3-10,12,14-16,20,27-28,30,32,38,41H,11,13,17-19H2,1-2H3/b22-15-/t27-,28+,30-,32-/m1/s1. The molecule has 0 unspecified atom stereocenters. The number of allylic oxidation sites excluding steroid dienone is 2. The molecule has 222 valence electrons. The molecule has 3 heterocycles. The van der Waals surface area contributed by atoms with Crippen LogP contribution in [0.15, 0.2) is 77.2 Å². The molecule has 0 radical (unpaired) electrons. The Morgan fingerprint density at radius 2 is 1.91 bits per heavy atom. The molecule has 1 aromatic heterocycles. The van der Waals surface area contributed by atoms with Crippen LogP contribution in [0.5, 0.6) is 5.75 Å². The van der Waals surface area contributed by atoms with Gasteiger partial charge in [0.1, 0.15) is 5.75 Å². The van der Waals surface area contributed by atoms with Gasteiger partial charge < -0.3 is 14.8 Å². The van der Waals surface area contributed by atoms with Crippen LogP contribution in [0.25, 0.3) is 11.6 Å². The molecule has 1 aliphatic carbocycles. The lowest BCUT2D eigenvalue weighted by atomic mass is 9.57. The minimum Gasteiger partial charge on any atom is -0.508 e. The van der Waals surface area contributed by atoms with Crippen LogP contribution >= 0.6 is 22.9 Å². The normalized spacial score (nSPS) is 24.2. The topological polar surface area (TPSA) is 87.1 Å². The highest BCUT2D eigenvalue weighted by molar-refractivity contribution is 7.09. The SMILES string of the molecule is CC(C)C1=C2[C@@H](CC/C(=C/c3ccc(O)cc3Cl)c3ccccc3)OB(O)C[C@@H]2[C@@H]2C(=O)N(Cc3cccs3)C(=O)[C@@H]2C1. The third-order valence-electron chi connectivity index (χ3n) is 9.06. The first kappa shape index (κ1) is 29.9. The molecule has 4 atom stereocenters. The third-order valence-corrected chi connectivity index (χ3v) is 10.2. The van der Waals surface area contributed by atoms with E-state index < -0.39 is 19.0 Å². The predicted molar refractivity (Wildman–Crippen MR) is 171 cm³/mol. The summed E-state index contributed by atoms with van der Waals surface area (Å²) in [5.41, 5.74) is 5.15. The predicted octanol–water partition coefficient (Wildman–Crippen LogP) is 7.08. The van der Waals surface area contributed by atoms with E-state index in [4.69, 9.17) is 16.3 Å². The maximum absolute atomic E-state index is 13.9. The van der Waals surface area contributed by atoms with E-state index in [1.165, 1.54) is 16.5 Å². The van der Waals surface area contributed by atoms with Gasteiger partial charge in [0.05, 0.1) is 29.5 Å². The van der Waals surface area contributed by atoms with Crippen LogP contribution in [0.1, 0.15) is 49.1 Å². The summed E-state index contributed by atoms with van der Waals surface area (Å²) in [5.74, 6) is -1.07. The molecule has 0 spiro atoms. The van der Waals surface area contributed by atoms with E-state index in [0.29, 0.717) is 37.2 Å². The van der Waals surface area contributed by atoms with Gasteiger partial charge in [-0.3, -0.25) is 14.5 Å². The number of phenols is 1. The second-order valence-corrected chi connectivity index (χ2v) is 13.5. The van der Waals surface area contributed by atoms with Crippen molar-refractivity contribution in [2.24, 2.45) is 23.7 Å². The van der Waals surface area contributed by atoms with E-state index >= 15 is 0 Å². The summed E-state index contributed by atoms with van der Waals surface area (Å²) in [6.07, 6.45) is 3.72. The fraction of sp³-hybridized carbons (Fsp3) is 0.353. The number of rotatable bonds is 8. The number of thiophene rings is 1. The number of carbonyl (C=O) groups is 2. The smallest absolute Gasteiger partial charge is 0.455 e. The Balaban J connectivity index is 1.32. The fourth-order valence-corrected chi connectivity index (χ4v) is 8.01. The van der Waals surface area contributed by atoms with Crippen LogP contribution in [-0.4, -0.2) is 40.1 Å². The van der Waals surface area contributed by atoms with Crippen LogP contribution in [0.3, 0.4) is 0 Å². The molecule has 6 rings (SSSR count). The highest BCUT2D eigenvalue weighted by Crippen LogP contribution is 2.52. The number of likely N-dealkylation sites (tertiary alicyclic amines) is 1.